The Balaban J connectivity index is 2.91. The van der Waals surface area contributed by atoms with E-state index in [0.29, 0.717) is 4.57 Å². The summed E-state index contributed by atoms with van der Waals surface area (Å²) in [4.78, 5) is 14.8. The summed E-state index contributed by atoms with van der Waals surface area (Å²) in [7, 11) is 0. The Morgan fingerprint density at radius 3 is 3.23 bits per heavy atom. The van der Waals surface area contributed by atoms with Crippen LogP contribution in [0.4, 0.5) is 4.39 Å². The maximum atomic E-state index is 12.9. The predicted octanol–water partition coefficient (Wildman–Crippen LogP) is 1.07. The lowest BCUT2D eigenvalue weighted by Crippen LogP contribution is -2.19. The molecule has 0 bridgehead atoms. The smallest absolute Gasteiger partial charge is 0.295 e. The molecule has 0 atom stereocenters. The molecule has 0 spiro atoms. The molecule has 0 aliphatic heterocycles. The molecule has 13 heavy (non-hydrogen) atoms. The van der Waals surface area contributed by atoms with E-state index in [0.717, 1.165) is 18.3 Å². The molecule has 0 unspecified atom stereocenters. The van der Waals surface area contributed by atoms with Gasteiger partial charge in [-0.2, -0.15) is 0 Å². The first kappa shape index (κ1) is 5.11. The average molecular weight is 181 g/mol. The van der Waals surface area contributed by atoms with E-state index in [9.17, 15) is 9.18 Å². The highest BCUT2D eigenvalue weighted by Crippen LogP contribution is 2.11. The average Bonchev–Trinajstić information content (AvgIpc) is 2.16. The highest BCUT2D eigenvalue weighted by atomic mass is 19.1. The Kier molecular flexibility index (Phi) is 1.04. The molecule has 0 aliphatic carbocycles. The van der Waals surface area contributed by atoms with Gasteiger partial charge < -0.3 is 0 Å². The molecule has 1 heterocycles. The Labute approximate surface area is 77.7 Å². The van der Waals surface area contributed by atoms with Crippen LogP contribution in [0.15, 0.2) is 29.2 Å². The standard InChI is InChI=1S/C9H7FN2O/c1-12-8-3-2-7(10)4-6(8)5-11-9(12)13/h2-5H,1H3/i1D3. The Morgan fingerprint density at radius 2 is 2.46 bits per heavy atom. The second kappa shape index (κ2) is 2.65. The molecule has 0 amide bonds. The minimum Gasteiger partial charge on any atom is -0.295 e. The van der Waals surface area contributed by atoms with Gasteiger partial charge in [-0.25, -0.2) is 14.2 Å². The van der Waals surface area contributed by atoms with Gasteiger partial charge in [-0.3, -0.25) is 4.57 Å². The van der Waals surface area contributed by atoms with E-state index >= 15 is 0 Å². The van der Waals surface area contributed by atoms with Crippen LogP contribution in [0.1, 0.15) is 4.11 Å². The Morgan fingerprint density at radius 1 is 1.62 bits per heavy atom. The summed E-state index contributed by atoms with van der Waals surface area (Å²) in [6.07, 6.45) is 1.16. The van der Waals surface area contributed by atoms with Crippen LogP contribution < -0.4 is 5.69 Å². The molecule has 0 radical (unpaired) electrons. The van der Waals surface area contributed by atoms with Gasteiger partial charge in [0, 0.05) is 22.7 Å². The minimum absolute atomic E-state index is 0.140. The molecule has 0 N–H and O–H groups in total. The van der Waals surface area contributed by atoms with Crippen molar-refractivity contribution in [2.45, 2.75) is 0 Å². The number of halogens is 1. The first-order valence-electron chi connectivity index (χ1n) is 5.07. The lowest BCUT2D eigenvalue weighted by atomic mass is 10.2. The number of aryl methyl sites for hydroxylation is 1. The molecule has 1 aromatic heterocycles. The van der Waals surface area contributed by atoms with Crippen LogP contribution in [0.25, 0.3) is 10.9 Å². The fourth-order valence-corrected chi connectivity index (χ4v) is 1.12. The van der Waals surface area contributed by atoms with Crippen molar-refractivity contribution in [3.8, 4) is 0 Å². The third-order valence-electron chi connectivity index (χ3n) is 1.74. The van der Waals surface area contributed by atoms with E-state index in [-0.39, 0.29) is 10.9 Å². The zero-order chi connectivity index (χ0) is 11.9. The Bertz CT molecular complexity index is 606. The molecule has 0 saturated carbocycles. The quantitative estimate of drug-likeness (QED) is 0.609. The molecule has 3 nitrogen and oxygen atoms in total. The van der Waals surface area contributed by atoms with E-state index in [2.05, 4.69) is 4.98 Å². The van der Waals surface area contributed by atoms with Gasteiger partial charge in [0.05, 0.1) is 5.52 Å². The number of rotatable bonds is 0. The monoisotopic (exact) mass is 181 g/mol. The van der Waals surface area contributed by atoms with Gasteiger partial charge in [0.25, 0.3) is 0 Å². The van der Waals surface area contributed by atoms with Crippen LogP contribution in [-0.2, 0) is 6.98 Å². The lowest BCUT2D eigenvalue weighted by Gasteiger charge is -2.01. The van der Waals surface area contributed by atoms with E-state index in [1.54, 1.807) is 0 Å². The summed E-state index contributed by atoms with van der Waals surface area (Å²) < 4.78 is 35.1. The van der Waals surface area contributed by atoms with Crippen molar-refractivity contribution in [1.29, 1.82) is 0 Å². The zero-order valence-electron chi connectivity index (χ0n) is 9.49. The molecule has 1 aromatic carbocycles. The molecule has 0 aliphatic rings. The summed E-state index contributed by atoms with van der Waals surface area (Å²) in [6.45, 7) is -2.62. The number of nitrogens with zero attached hydrogens (tertiary/aromatic N) is 2. The van der Waals surface area contributed by atoms with Gasteiger partial charge in [-0.05, 0) is 18.2 Å². The van der Waals surface area contributed by atoms with Crippen LogP contribution in [0.5, 0.6) is 0 Å². The van der Waals surface area contributed by atoms with Crippen molar-refractivity contribution in [3.05, 3.63) is 40.7 Å². The van der Waals surface area contributed by atoms with Crippen LogP contribution in [0, 0.1) is 5.82 Å². The number of aromatic nitrogens is 2. The fraction of sp³-hybridized carbons (Fsp3) is 0.111. The van der Waals surface area contributed by atoms with Crippen LogP contribution >= 0.6 is 0 Å². The van der Waals surface area contributed by atoms with Crippen LogP contribution in [0.2, 0.25) is 0 Å². The Hall–Kier alpha value is -1.71. The lowest BCUT2D eigenvalue weighted by molar-refractivity contribution is 0.629. The molecule has 0 fully saturated rings. The molecule has 66 valence electrons. The normalized spacial score (nSPS) is 15.0. The third-order valence-corrected chi connectivity index (χ3v) is 1.74. The van der Waals surface area contributed by atoms with Gasteiger partial charge in [-0.15, -0.1) is 0 Å². The first-order chi connectivity index (χ1) is 7.39. The minimum atomic E-state index is -2.62. The van der Waals surface area contributed by atoms with Crippen molar-refractivity contribution >= 4 is 10.9 Å². The third kappa shape index (κ3) is 1.20. The number of benzene rings is 1. The van der Waals surface area contributed by atoms with Gasteiger partial charge in [0.1, 0.15) is 5.82 Å². The molecule has 2 aromatic rings. The summed E-state index contributed by atoms with van der Waals surface area (Å²) in [5.74, 6) is -0.509. The zero-order valence-corrected chi connectivity index (χ0v) is 6.49. The van der Waals surface area contributed by atoms with Gasteiger partial charge in [-0.1, -0.05) is 0 Å². The first-order valence-corrected chi connectivity index (χ1v) is 3.57. The maximum absolute atomic E-state index is 12.9. The second-order valence-corrected chi connectivity index (χ2v) is 2.58. The van der Waals surface area contributed by atoms with Crippen molar-refractivity contribution in [2.24, 2.45) is 6.98 Å². The van der Waals surface area contributed by atoms with Crippen molar-refractivity contribution in [2.75, 3.05) is 0 Å². The summed E-state index contributed by atoms with van der Waals surface area (Å²) in [5, 5.41) is 0.274. The molecular weight excluding hydrogens is 171 g/mol. The highest BCUT2D eigenvalue weighted by Gasteiger charge is 2.00. The van der Waals surface area contributed by atoms with E-state index < -0.39 is 18.5 Å². The largest absolute Gasteiger partial charge is 0.347 e. The number of hydrogen-bond acceptors (Lipinski definition) is 2. The highest BCUT2D eigenvalue weighted by molar-refractivity contribution is 5.77. The van der Waals surface area contributed by atoms with Crippen LogP contribution in [-0.4, -0.2) is 9.55 Å². The SMILES string of the molecule is [2H]C([2H])([2H])n1c(=O)ncc2cc(F)ccc21. The summed E-state index contributed by atoms with van der Waals surface area (Å²) in [5.41, 5.74) is -0.736. The van der Waals surface area contributed by atoms with Crippen molar-refractivity contribution in [1.82, 2.24) is 9.55 Å². The summed E-state index contributed by atoms with van der Waals surface area (Å²) >= 11 is 0. The maximum Gasteiger partial charge on any atom is 0.347 e. The molecule has 0 saturated heterocycles. The predicted molar refractivity (Wildman–Crippen MR) is 46.9 cm³/mol. The fourth-order valence-electron chi connectivity index (χ4n) is 1.12. The van der Waals surface area contributed by atoms with E-state index in [1.165, 1.54) is 6.07 Å². The van der Waals surface area contributed by atoms with Crippen molar-refractivity contribution in [3.63, 3.8) is 0 Å². The van der Waals surface area contributed by atoms with Gasteiger partial charge in [0.15, 0.2) is 0 Å². The van der Waals surface area contributed by atoms with E-state index in [1.807, 2.05) is 0 Å². The van der Waals surface area contributed by atoms with Gasteiger partial charge >= 0.3 is 5.69 Å². The van der Waals surface area contributed by atoms with E-state index in [4.69, 9.17) is 4.11 Å². The molecule has 2 rings (SSSR count). The second-order valence-electron chi connectivity index (χ2n) is 2.58. The topological polar surface area (TPSA) is 34.9 Å². The molecular formula is C9H7FN2O. The number of hydrogen-bond donors (Lipinski definition) is 0. The van der Waals surface area contributed by atoms with Crippen LogP contribution in [0.3, 0.4) is 0 Å². The molecule has 4 heteroatoms. The summed E-state index contributed by atoms with van der Waals surface area (Å²) in [6, 6.07) is 3.48. The number of fused-ring (bicyclic) bond motifs is 1. The van der Waals surface area contributed by atoms with Crippen molar-refractivity contribution < 1.29 is 8.50 Å². The van der Waals surface area contributed by atoms with Gasteiger partial charge in [0.2, 0.25) is 0 Å².